The molecule has 0 bridgehead atoms. The van der Waals surface area contributed by atoms with Crippen LogP contribution in [-0.2, 0) is 14.6 Å². The molecule has 1 N–H and O–H groups in total. The number of hydrogen-bond acceptors (Lipinski definition) is 3. The van der Waals surface area contributed by atoms with Gasteiger partial charge in [0.1, 0.15) is 11.2 Å². The second-order valence-corrected chi connectivity index (χ2v) is 12.1. The van der Waals surface area contributed by atoms with Gasteiger partial charge in [0.2, 0.25) is 0 Å². The third kappa shape index (κ3) is 17.0. The van der Waals surface area contributed by atoms with E-state index in [1.54, 1.807) is 0 Å². The Bertz CT molecular complexity index is 494. The molecule has 1 heterocycles. The van der Waals surface area contributed by atoms with E-state index in [0.29, 0.717) is 6.42 Å². The van der Waals surface area contributed by atoms with E-state index in [1.807, 2.05) is 6.92 Å². The Kier molecular flexibility index (Phi) is 19.8. The van der Waals surface area contributed by atoms with Gasteiger partial charge in [0.15, 0.2) is 0 Å². The van der Waals surface area contributed by atoms with Crippen molar-refractivity contribution in [2.45, 2.75) is 199 Å². The summed E-state index contributed by atoms with van der Waals surface area (Å²) in [5.74, 6) is -0.804. The summed E-state index contributed by atoms with van der Waals surface area (Å²) in [4.78, 5) is 23.0. The molecule has 0 aromatic rings. The van der Waals surface area contributed by atoms with Gasteiger partial charge >= 0.3 is 5.97 Å². The van der Waals surface area contributed by atoms with Crippen molar-refractivity contribution < 1.29 is 19.7 Å². The minimum atomic E-state index is -0.804. The molecule has 0 aromatic heterocycles. The number of unbranched alkanes of at least 4 members (excludes halogenated alkanes) is 20. The maximum atomic E-state index is 11.4. The Hall–Kier alpha value is -0.610. The molecule has 1 saturated heterocycles. The highest BCUT2D eigenvalue weighted by atomic mass is 17.2. The number of aliphatic carboxylic acids is 1. The van der Waals surface area contributed by atoms with E-state index in [9.17, 15) is 9.90 Å². The SMILES string of the molecule is CCCCCCCCCCCCCC1(CCCCCCCCCCCCC)C[C@](C)(CC(=O)O)OO1. The molecule has 0 saturated carbocycles. The fraction of sp³-hybridized carbons (Fsp3) is 0.969. The highest BCUT2D eigenvalue weighted by Gasteiger charge is 2.49. The van der Waals surface area contributed by atoms with Crippen molar-refractivity contribution in [3.8, 4) is 0 Å². The largest absolute Gasteiger partial charge is 0.481 e. The highest BCUT2D eigenvalue weighted by molar-refractivity contribution is 5.68. The zero-order chi connectivity index (χ0) is 26.4. The summed E-state index contributed by atoms with van der Waals surface area (Å²) in [5, 5.41) is 9.33. The maximum Gasteiger partial charge on any atom is 0.306 e. The topological polar surface area (TPSA) is 55.8 Å². The van der Waals surface area contributed by atoms with Crippen LogP contribution >= 0.6 is 0 Å². The fourth-order valence-electron chi connectivity index (χ4n) is 5.95. The van der Waals surface area contributed by atoms with Crippen LogP contribution in [0.5, 0.6) is 0 Å². The molecule has 0 amide bonds. The average molecular weight is 511 g/mol. The minimum absolute atomic E-state index is 0.0191. The Labute approximate surface area is 224 Å². The van der Waals surface area contributed by atoms with Gasteiger partial charge in [0, 0.05) is 6.42 Å². The van der Waals surface area contributed by atoms with Gasteiger partial charge in [0.25, 0.3) is 0 Å². The van der Waals surface area contributed by atoms with Gasteiger partial charge in [-0.05, 0) is 19.8 Å². The van der Waals surface area contributed by atoms with Gasteiger partial charge in [-0.3, -0.25) is 4.79 Å². The second kappa shape index (κ2) is 21.3. The third-order valence-corrected chi connectivity index (χ3v) is 8.11. The Morgan fingerprint density at radius 2 is 0.917 bits per heavy atom. The van der Waals surface area contributed by atoms with Crippen LogP contribution in [-0.4, -0.2) is 22.3 Å². The summed E-state index contributed by atoms with van der Waals surface area (Å²) >= 11 is 0. The third-order valence-electron chi connectivity index (χ3n) is 8.11. The number of carboxylic acids is 1. The number of hydrogen-bond donors (Lipinski definition) is 1. The molecule has 1 aliphatic heterocycles. The van der Waals surface area contributed by atoms with Crippen LogP contribution in [0.3, 0.4) is 0 Å². The Morgan fingerprint density at radius 1 is 0.583 bits per heavy atom. The molecule has 4 heteroatoms. The van der Waals surface area contributed by atoms with Crippen LogP contribution in [0, 0.1) is 0 Å². The number of carbonyl (C=O) groups is 1. The smallest absolute Gasteiger partial charge is 0.306 e. The molecular weight excluding hydrogens is 448 g/mol. The van der Waals surface area contributed by atoms with Crippen molar-refractivity contribution in [3.05, 3.63) is 0 Å². The molecular formula is C32H62O4. The van der Waals surface area contributed by atoms with Crippen molar-refractivity contribution in [2.24, 2.45) is 0 Å². The summed E-state index contributed by atoms with van der Waals surface area (Å²) in [7, 11) is 0. The average Bonchev–Trinajstić information content (AvgIpc) is 3.16. The Balaban J connectivity index is 2.25. The van der Waals surface area contributed by atoms with Crippen molar-refractivity contribution in [3.63, 3.8) is 0 Å². The Morgan fingerprint density at radius 3 is 1.25 bits per heavy atom. The molecule has 4 nitrogen and oxygen atoms in total. The first-order valence-corrected chi connectivity index (χ1v) is 16.0. The summed E-state index contributed by atoms with van der Waals surface area (Å²) in [6.07, 6.45) is 32.1. The van der Waals surface area contributed by atoms with Gasteiger partial charge in [-0.2, -0.15) is 0 Å². The second-order valence-electron chi connectivity index (χ2n) is 12.1. The van der Waals surface area contributed by atoms with E-state index in [4.69, 9.17) is 9.78 Å². The van der Waals surface area contributed by atoms with E-state index in [0.717, 1.165) is 25.7 Å². The molecule has 0 radical (unpaired) electrons. The summed E-state index contributed by atoms with van der Waals surface area (Å²) in [6.45, 7) is 6.46. The van der Waals surface area contributed by atoms with Gasteiger partial charge in [-0.15, -0.1) is 0 Å². The van der Waals surface area contributed by atoms with E-state index in [-0.39, 0.29) is 12.0 Å². The lowest BCUT2D eigenvalue weighted by molar-refractivity contribution is -0.349. The highest BCUT2D eigenvalue weighted by Crippen LogP contribution is 2.44. The van der Waals surface area contributed by atoms with Gasteiger partial charge in [-0.1, -0.05) is 155 Å². The monoisotopic (exact) mass is 510 g/mol. The van der Waals surface area contributed by atoms with Crippen LogP contribution in [0.2, 0.25) is 0 Å². The number of rotatable bonds is 26. The van der Waals surface area contributed by atoms with Crippen molar-refractivity contribution in [2.75, 3.05) is 0 Å². The summed E-state index contributed by atoms with van der Waals surface area (Å²) in [6, 6.07) is 0. The molecule has 1 atom stereocenters. The summed E-state index contributed by atoms with van der Waals surface area (Å²) < 4.78 is 0. The van der Waals surface area contributed by atoms with Crippen LogP contribution in [0.1, 0.15) is 188 Å². The van der Waals surface area contributed by atoms with Gasteiger partial charge < -0.3 is 5.11 Å². The quantitative estimate of drug-likeness (QED) is 0.0928. The standard InChI is InChI=1S/C32H62O4/c1-4-6-8-10-12-14-16-18-20-22-24-26-32(29-31(3,35-36-32)28-30(33)34)27-25-23-21-19-17-15-13-11-9-7-5-2/h4-29H2,1-3H3,(H,33,34)/t31-/m0/s1. The van der Waals surface area contributed by atoms with Crippen LogP contribution in [0.15, 0.2) is 0 Å². The lowest BCUT2D eigenvalue weighted by atomic mass is 9.80. The van der Waals surface area contributed by atoms with Crippen molar-refractivity contribution >= 4 is 5.97 Å². The molecule has 0 spiro atoms. The lowest BCUT2D eigenvalue weighted by Crippen LogP contribution is -2.32. The van der Waals surface area contributed by atoms with Crippen LogP contribution in [0.25, 0.3) is 0 Å². The van der Waals surface area contributed by atoms with Crippen molar-refractivity contribution in [1.29, 1.82) is 0 Å². The zero-order valence-electron chi connectivity index (χ0n) is 24.6. The van der Waals surface area contributed by atoms with E-state index in [1.165, 1.54) is 128 Å². The van der Waals surface area contributed by atoms with E-state index in [2.05, 4.69) is 13.8 Å². The van der Waals surface area contributed by atoms with Crippen LogP contribution in [0.4, 0.5) is 0 Å². The molecule has 0 aliphatic carbocycles. The van der Waals surface area contributed by atoms with Crippen LogP contribution < -0.4 is 0 Å². The molecule has 0 unspecified atom stereocenters. The zero-order valence-corrected chi connectivity index (χ0v) is 24.6. The van der Waals surface area contributed by atoms with E-state index < -0.39 is 11.6 Å². The molecule has 1 fully saturated rings. The fourth-order valence-corrected chi connectivity index (χ4v) is 5.95. The minimum Gasteiger partial charge on any atom is -0.481 e. The predicted octanol–water partition coefficient (Wildman–Crippen LogP) is 10.7. The molecule has 1 aliphatic rings. The maximum absolute atomic E-state index is 11.4. The lowest BCUT2D eigenvalue weighted by Gasteiger charge is -2.27. The summed E-state index contributed by atoms with van der Waals surface area (Å²) in [5.41, 5.74) is -0.982. The predicted molar refractivity (Wildman–Crippen MR) is 152 cm³/mol. The number of carboxylic acid groups (broad SMARTS) is 1. The molecule has 214 valence electrons. The first-order valence-electron chi connectivity index (χ1n) is 16.0. The molecule has 0 aromatic carbocycles. The first kappa shape index (κ1) is 33.4. The molecule has 36 heavy (non-hydrogen) atoms. The molecule has 1 rings (SSSR count). The first-order chi connectivity index (χ1) is 17.5. The van der Waals surface area contributed by atoms with Crippen molar-refractivity contribution in [1.82, 2.24) is 0 Å². The van der Waals surface area contributed by atoms with Gasteiger partial charge in [-0.25, -0.2) is 9.78 Å². The normalized spacial score (nSPS) is 19.2. The van der Waals surface area contributed by atoms with E-state index >= 15 is 0 Å². The van der Waals surface area contributed by atoms with Gasteiger partial charge in [0.05, 0.1) is 6.42 Å².